The molecule has 0 N–H and O–H groups in total. The molecule has 1 aromatic rings. The van der Waals surface area contributed by atoms with E-state index < -0.39 is 0 Å². The Hall–Kier alpha value is -1.57. The summed E-state index contributed by atoms with van der Waals surface area (Å²) in [5.74, 6) is 0.477. The molecule has 0 bridgehead atoms. The summed E-state index contributed by atoms with van der Waals surface area (Å²) in [5.41, 5.74) is 7.87. The van der Waals surface area contributed by atoms with E-state index in [0.717, 1.165) is 24.8 Å². The van der Waals surface area contributed by atoms with Crippen molar-refractivity contribution in [3.05, 3.63) is 46.0 Å². The molecular weight excluding hydrogens is 284 g/mol. The Morgan fingerprint density at radius 1 is 1.09 bits per heavy atom. The number of rotatable bonds is 8. The topological polar surface area (TPSA) is 26.3 Å². The Morgan fingerprint density at radius 2 is 1.70 bits per heavy atom. The van der Waals surface area contributed by atoms with Crippen LogP contribution in [0.1, 0.15) is 61.1 Å². The summed E-state index contributed by atoms with van der Waals surface area (Å²) in [6.45, 7) is 17.3. The van der Waals surface area contributed by atoms with Crippen LogP contribution in [0.25, 0.3) is 0 Å². The van der Waals surface area contributed by atoms with Crippen LogP contribution in [0.5, 0.6) is 0 Å². The van der Waals surface area contributed by atoms with Gasteiger partial charge in [-0.05, 0) is 79.3 Å². The number of hydrogen-bond donors (Lipinski definition) is 0. The Labute approximate surface area is 141 Å². The van der Waals surface area contributed by atoms with Crippen LogP contribution in [-0.2, 0) is 35.2 Å². The molecule has 0 radical (unpaired) electrons. The predicted octanol–water partition coefficient (Wildman–Crippen LogP) is 4.90. The van der Waals surface area contributed by atoms with Crippen LogP contribution in [0.4, 0.5) is 0 Å². The van der Waals surface area contributed by atoms with Crippen LogP contribution in [0, 0.1) is 19.8 Å². The summed E-state index contributed by atoms with van der Waals surface area (Å²) in [6.07, 6.45) is 5.18. The molecule has 0 amide bonds. The van der Waals surface area contributed by atoms with Gasteiger partial charge in [-0.25, -0.2) is 0 Å². The highest BCUT2D eigenvalue weighted by Gasteiger charge is 2.20. The van der Waals surface area contributed by atoms with Crippen molar-refractivity contribution in [2.45, 2.75) is 67.2 Å². The Morgan fingerprint density at radius 3 is 2.17 bits per heavy atom. The molecule has 0 heterocycles. The van der Waals surface area contributed by atoms with Crippen molar-refractivity contribution in [1.82, 2.24) is 0 Å². The van der Waals surface area contributed by atoms with Crippen molar-refractivity contribution in [1.29, 1.82) is 0 Å². The minimum atomic E-state index is -0.140. The molecule has 0 aliphatic heterocycles. The number of carbonyl (C=O) groups excluding carboxylic acids is 1. The van der Waals surface area contributed by atoms with Crippen molar-refractivity contribution in [2.24, 2.45) is 5.92 Å². The van der Waals surface area contributed by atoms with E-state index in [4.69, 9.17) is 4.74 Å². The largest absolute Gasteiger partial charge is 0.466 e. The summed E-state index contributed by atoms with van der Waals surface area (Å²) in [4.78, 5) is 12.0. The third kappa shape index (κ3) is 4.70. The molecule has 0 aromatic heterocycles. The Bertz CT molecular complexity index is 568. The van der Waals surface area contributed by atoms with Gasteiger partial charge in [0.05, 0.1) is 13.0 Å². The first-order valence-electron chi connectivity index (χ1n) is 8.76. The lowest BCUT2D eigenvalue weighted by atomic mass is 9.81. The first-order valence-corrected chi connectivity index (χ1v) is 8.76. The fourth-order valence-electron chi connectivity index (χ4n) is 3.45. The molecule has 0 atom stereocenters. The molecule has 1 rings (SSSR count). The average Bonchev–Trinajstić information content (AvgIpc) is 2.48. The van der Waals surface area contributed by atoms with Crippen LogP contribution >= 0.6 is 0 Å². The van der Waals surface area contributed by atoms with Gasteiger partial charge in [-0.15, -0.1) is 6.58 Å². The highest BCUT2D eigenvalue weighted by atomic mass is 16.5. The van der Waals surface area contributed by atoms with Crippen LogP contribution < -0.4 is 0 Å². The fourth-order valence-corrected chi connectivity index (χ4v) is 3.45. The van der Waals surface area contributed by atoms with E-state index in [9.17, 15) is 4.79 Å². The smallest absolute Gasteiger partial charge is 0.310 e. The third-order valence-corrected chi connectivity index (χ3v) is 4.48. The lowest BCUT2D eigenvalue weighted by Gasteiger charge is -2.24. The first-order chi connectivity index (χ1) is 10.9. The molecule has 2 nitrogen and oxygen atoms in total. The summed E-state index contributed by atoms with van der Waals surface area (Å²) < 4.78 is 5.18. The Balaban J connectivity index is 3.51. The standard InChI is InChI=1S/C21H32O2/c1-8-11-18-16(7)19(12-14(4)5)17(9-2)15(6)20(18)13-21(22)23-10-3/h8,14H,1,9-13H2,2-7H3. The molecule has 0 aliphatic carbocycles. The van der Waals surface area contributed by atoms with Gasteiger partial charge >= 0.3 is 5.97 Å². The van der Waals surface area contributed by atoms with Crippen molar-refractivity contribution in [3.63, 3.8) is 0 Å². The summed E-state index contributed by atoms with van der Waals surface area (Å²) in [7, 11) is 0. The maximum absolute atomic E-state index is 12.0. The average molecular weight is 316 g/mol. The SMILES string of the molecule is C=CCc1c(C)c(CC(C)C)c(CC)c(C)c1CC(=O)OCC. The molecule has 1 aromatic carbocycles. The van der Waals surface area contributed by atoms with Crippen LogP contribution in [0.3, 0.4) is 0 Å². The fraction of sp³-hybridized carbons (Fsp3) is 0.571. The molecular formula is C21H32O2. The van der Waals surface area contributed by atoms with Gasteiger partial charge in [-0.3, -0.25) is 4.79 Å². The van der Waals surface area contributed by atoms with Gasteiger partial charge in [0, 0.05) is 0 Å². The quantitative estimate of drug-likeness (QED) is 0.504. The van der Waals surface area contributed by atoms with Gasteiger partial charge in [-0.2, -0.15) is 0 Å². The van der Waals surface area contributed by atoms with Crippen molar-refractivity contribution < 1.29 is 9.53 Å². The zero-order valence-corrected chi connectivity index (χ0v) is 15.7. The second kappa shape index (κ2) is 8.90. The van der Waals surface area contributed by atoms with E-state index >= 15 is 0 Å². The van der Waals surface area contributed by atoms with E-state index in [0.29, 0.717) is 18.9 Å². The number of allylic oxidation sites excluding steroid dienone is 1. The number of ether oxygens (including phenoxy) is 1. The number of hydrogen-bond acceptors (Lipinski definition) is 2. The van der Waals surface area contributed by atoms with E-state index in [1.54, 1.807) is 0 Å². The van der Waals surface area contributed by atoms with Crippen molar-refractivity contribution in [2.75, 3.05) is 6.61 Å². The zero-order valence-electron chi connectivity index (χ0n) is 15.7. The number of carbonyl (C=O) groups is 1. The van der Waals surface area contributed by atoms with Gasteiger partial charge in [-0.1, -0.05) is 26.8 Å². The predicted molar refractivity (Wildman–Crippen MR) is 98.1 cm³/mol. The van der Waals surface area contributed by atoms with Crippen LogP contribution in [0.15, 0.2) is 12.7 Å². The Kier molecular flexibility index (Phi) is 7.54. The van der Waals surface area contributed by atoms with Crippen molar-refractivity contribution >= 4 is 5.97 Å². The molecule has 0 aliphatic rings. The second-order valence-corrected chi connectivity index (χ2v) is 6.59. The maximum Gasteiger partial charge on any atom is 0.310 e. The summed E-state index contributed by atoms with van der Waals surface area (Å²) in [5, 5.41) is 0. The summed E-state index contributed by atoms with van der Waals surface area (Å²) in [6, 6.07) is 0. The van der Waals surface area contributed by atoms with Crippen molar-refractivity contribution in [3.8, 4) is 0 Å². The van der Waals surface area contributed by atoms with Crippen LogP contribution in [-0.4, -0.2) is 12.6 Å². The van der Waals surface area contributed by atoms with E-state index in [-0.39, 0.29) is 5.97 Å². The number of esters is 1. The molecule has 128 valence electrons. The van der Waals surface area contributed by atoms with Gasteiger partial charge in [0.1, 0.15) is 0 Å². The maximum atomic E-state index is 12.0. The monoisotopic (exact) mass is 316 g/mol. The van der Waals surface area contributed by atoms with Gasteiger partial charge in [0.2, 0.25) is 0 Å². The van der Waals surface area contributed by atoms with Gasteiger partial charge in [0.15, 0.2) is 0 Å². The molecule has 2 heteroatoms. The van der Waals surface area contributed by atoms with E-state index in [1.165, 1.54) is 27.8 Å². The highest BCUT2D eigenvalue weighted by molar-refractivity contribution is 5.74. The molecule has 23 heavy (non-hydrogen) atoms. The molecule has 0 fully saturated rings. The molecule has 0 unspecified atom stereocenters. The van der Waals surface area contributed by atoms with E-state index in [2.05, 4.69) is 41.2 Å². The lowest BCUT2D eigenvalue weighted by Crippen LogP contribution is -2.15. The van der Waals surface area contributed by atoms with Crippen LogP contribution in [0.2, 0.25) is 0 Å². The molecule has 0 spiro atoms. The minimum absolute atomic E-state index is 0.140. The van der Waals surface area contributed by atoms with Gasteiger partial charge in [0.25, 0.3) is 0 Å². The normalized spacial score (nSPS) is 10.9. The second-order valence-electron chi connectivity index (χ2n) is 6.59. The highest BCUT2D eigenvalue weighted by Crippen LogP contribution is 2.31. The van der Waals surface area contributed by atoms with Gasteiger partial charge < -0.3 is 4.74 Å². The lowest BCUT2D eigenvalue weighted by molar-refractivity contribution is -0.142. The molecule has 0 saturated carbocycles. The minimum Gasteiger partial charge on any atom is -0.466 e. The van der Waals surface area contributed by atoms with E-state index in [1.807, 2.05) is 13.0 Å². The number of benzene rings is 1. The summed E-state index contributed by atoms with van der Waals surface area (Å²) >= 11 is 0. The first kappa shape index (κ1) is 19.5. The molecule has 0 saturated heterocycles. The third-order valence-electron chi connectivity index (χ3n) is 4.48. The zero-order chi connectivity index (χ0) is 17.6.